The second-order valence-corrected chi connectivity index (χ2v) is 9.44. The fourth-order valence-electron chi connectivity index (χ4n) is 4.65. The van der Waals surface area contributed by atoms with Crippen LogP contribution in [0.3, 0.4) is 0 Å². The van der Waals surface area contributed by atoms with Crippen LogP contribution in [0.2, 0.25) is 0 Å². The summed E-state index contributed by atoms with van der Waals surface area (Å²) in [7, 11) is 0. The van der Waals surface area contributed by atoms with E-state index in [9.17, 15) is 9.59 Å². The van der Waals surface area contributed by atoms with E-state index in [2.05, 4.69) is 38.0 Å². The van der Waals surface area contributed by atoms with Crippen LogP contribution in [0.1, 0.15) is 34.5 Å². The van der Waals surface area contributed by atoms with Crippen molar-refractivity contribution in [1.82, 2.24) is 20.6 Å². The Balaban J connectivity index is 1.44. The molecule has 10 heteroatoms. The van der Waals surface area contributed by atoms with Crippen molar-refractivity contribution >= 4 is 29.3 Å². The molecule has 37 heavy (non-hydrogen) atoms. The lowest BCUT2D eigenvalue weighted by Gasteiger charge is -2.40. The van der Waals surface area contributed by atoms with E-state index in [1.165, 1.54) is 0 Å². The third-order valence-electron chi connectivity index (χ3n) is 6.66. The zero-order chi connectivity index (χ0) is 25.9. The largest absolute Gasteiger partial charge is 0.371 e. The highest BCUT2D eigenvalue weighted by Gasteiger charge is 2.30. The third kappa shape index (κ3) is 5.55. The first-order valence-corrected chi connectivity index (χ1v) is 12.4. The number of ether oxygens (including phenoxy) is 1. The van der Waals surface area contributed by atoms with Gasteiger partial charge >= 0.3 is 6.03 Å². The van der Waals surface area contributed by atoms with Crippen LogP contribution >= 0.6 is 0 Å². The first kappa shape index (κ1) is 24.7. The van der Waals surface area contributed by atoms with Gasteiger partial charge in [-0.2, -0.15) is 4.98 Å². The number of primary amides is 1. The Labute approximate surface area is 215 Å². The van der Waals surface area contributed by atoms with E-state index in [1.807, 2.05) is 37.3 Å². The smallest absolute Gasteiger partial charge is 0.312 e. The standard InChI is InChI=1S/C27H31N7O3/c1-16-12-30-27(33-25(16)34-14-21(15-34)31-26(28)36)32-23-8-7-20(24-13-29-9-10-37-24)11-22(23)19-5-3-18(4-6-19)17(2)35/h3-8,11-12,21,24,29H,9-10,13-15H2,1-2H3,(H3,28,31,36)(H,30,32,33). The van der Waals surface area contributed by atoms with Crippen molar-refractivity contribution in [3.63, 3.8) is 0 Å². The molecule has 2 aliphatic rings. The minimum atomic E-state index is -0.520. The molecule has 1 atom stereocenters. The monoisotopic (exact) mass is 501 g/mol. The number of anilines is 3. The highest BCUT2D eigenvalue weighted by Crippen LogP contribution is 2.34. The van der Waals surface area contributed by atoms with Gasteiger partial charge in [0.05, 0.1) is 18.8 Å². The van der Waals surface area contributed by atoms with Crippen molar-refractivity contribution in [3.05, 3.63) is 65.4 Å². The minimum Gasteiger partial charge on any atom is -0.371 e. The van der Waals surface area contributed by atoms with E-state index >= 15 is 0 Å². The number of morpholine rings is 1. The molecule has 2 aliphatic heterocycles. The van der Waals surface area contributed by atoms with Gasteiger partial charge in [0, 0.05) is 54.8 Å². The van der Waals surface area contributed by atoms with Crippen molar-refractivity contribution in [2.45, 2.75) is 26.0 Å². The Hall–Kier alpha value is -4.02. The SMILES string of the molecule is CC(=O)c1ccc(-c2cc(C3CNCCO3)ccc2Nc2ncc(C)c(N3CC(NC(N)=O)C3)n2)cc1. The molecule has 192 valence electrons. The Morgan fingerprint density at radius 3 is 2.62 bits per heavy atom. The number of hydrogen-bond donors (Lipinski definition) is 4. The van der Waals surface area contributed by atoms with E-state index in [0.717, 1.165) is 46.8 Å². The van der Waals surface area contributed by atoms with Crippen LogP contribution in [-0.2, 0) is 4.74 Å². The third-order valence-corrected chi connectivity index (χ3v) is 6.66. The molecule has 3 heterocycles. The van der Waals surface area contributed by atoms with Gasteiger partial charge in [0.25, 0.3) is 0 Å². The zero-order valence-electron chi connectivity index (χ0n) is 21.0. The maximum absolute atomic E-state index is 11.8. The highest BCUT2D eigenvalue weighted by atomic mass is 16.5. The Bertz CT molecular complexity index is 1300. The second kappa shape index (κ2) is 10.5. The van der Waals surface area contributed by atoms with E-state index in [0.29, 0.717) is 31.2 Å². The highest BCUT2D eigenvalue weighted by molar-refractivity contribution is 5.95. The molecule has 0 bridgehead atoms. The summed E-state index contributed by atoms with van der Waals surface area (Å²) in [4.78, 5) is 34.3. The molecule has 2 fully saturated rings. The van der Waals surface area contributed by atoms with Gasteiger partial charge in [0.1, 0.15) is 5.82 Å². The molecular formula is C27H31N7O3. The van der Waals surface area contributed by atoms with Gasteiger partial charge in [-0.25, -0.2) is 9.78 Å². The van der Waals surface area contributed by atoms with Gasteiger partial charge in [-0.3, -0.25) is 4.79 Å². The first-order valence-electron chi connectivity index (χ1n) is 12.4. The normalized spacial score (nSPS) is 17.7. The summed E-state index contributed by atoms with van der Waals surface area (Å²) in [6.07, 6.45) is 1.75. The molecule has 10 nitrogen and oxygen atoms in total. The number of aryl methyl sites for hydroxylation is 1. The second-order valence-electron chi connectivity index (χ2n) is 9.44. The molecule has 1 aromatic heterocycles. The van der Waals surface area contributed by atoms with Crippen molar-refractivity contribution in [2.75, 3.05) is 43.0 Å². The topological polar surface area (TPSA) is 134 Å². The fourth-order valence-corrected chi connectivity index (χ4v) is 4.65. The first-order chi connectivity index (χ1) is 17.9. The van der Waals surface area contributed by atoms with Crippen LogP contribution < -0.4 is 26.6 Å². The molecular weight excluding hydrogens is 470 g/mol. The number of urea groups is 1. The van der Waals surface area contributed by atoms with Crippen LogP contribution in [0.25, 0.3) is 11.1 Å². The van der Waals surface area contributed by atoms with Gasteiger partial charge in [-0.1, -0.05) is 30.3 Å². The molecule has 5 N–H and O–H groups in total. The summed E-state index contributed by atoms with van der Waals surface area (Å²) < 4.78 is 5.98. The summed E-state index contributed by atoms with van der Waals surface area (Å²) >= 11 is 0. The number of carbonyl (C=O) groups is 2. The lowest BCUT2D eigenvalue weighted by atomic mass is 9.97. The van der Waals surface area contributed by atoms with Gasteiger partial charge < -0.3 is 31.3 Å². The average molecular weight is 502 g/mol. The number of rotatable bonds is 7. The number of nitrogens with zero attached hydrogens (tertiary/aromatic N) is 3. The lowest BCUT2D eigenvalue weighted by molar-refractivity contribution is 0.0277. The van der Waals surface area contributed by atoms with E-state index in [4.69, 9.17) is 15.5 Å². The molecule has 0 radical (unpaired) electrons. The Morgan fingerprint density at radius 2 is 1.95 bits per heavy atom. The molecule has 0 aliphatic carbocycles. The number of ketones is 1. The summed E-state index contributed by atoms with van der Waals surface area (Å²) in [6.45, 7) is 7.06. The van der Waals surface area contributed by atoms with Crippen molar-refractivity contribution in [3.8, 4) is 11.1 Å². The van der Waals surface area contributed by atoms with Crippen LogP contribution in [0.4, 0.5) is 22.2 Å². The van der Waals surface area contributed by atoms with Gasteiger partial charge in [0.15, 0.2) is 5.78 Å². The zero-order valence-corrected chi connectivity index (χ0v) is 21.0. The summed E-state index contributed by atoms with van der Waals surface area (Å²) in [5.74, 6) is 1.31. The predicted molar refractivity (Wildman–Crippen MR) is 142 cm³/mol. The maximum atomic E-state index is 11.8. The lowest BCUT2D eigenvalue weighted by Crippen LogP contribution is -2.60. The number of nitrogens with two attached hydrogens (primary N) is 1. The molecule has 1 unspecified atom stereocenters. The van der Waals surface area contributed by atoms with Crippen molar-refractivity contribution < 1.29 is 14.3 Å². The van der Waals surface area contributed by atoms with Crippen LogP contribution in [-0.4, -0.2) is 60.6 Å². The Morgan fingerprint density at radius 1 is 1.16 bits per heavy atom. The van der Waals surface area contributed by atoms with Gasteiger partial charge in [-0.05, 0) is 37.1 Å². The van der Waals surface area contributed by atoms with E-state index in [1.54, 1.807) is 13.1 Å². The average Bonchev–Trinajstić information content (AvgIpc) is 2.88. The minimum absolute atomic E-state index is 0.0110. The molecule has 3 aromatic rings. The molecule has 0 spiro atoms. The quantitative estimate of drug-likeness (QED) is 0.363. The van der Waals surface area contributed by atoms with E-state index in [-0.39, 0.29) is 17.9 Å². The van der Waals surface area contributed by atoms with Crippen LogP contribution in [0, 0.1) is 6.92 Å². The van der Waals surface area contributed by atoms with Crippen LogP contribution in [0.5, 0.6) is 0 Å². The van der Waals surface area contributed by atoms with Gasteiger partial charge in [0.2, 0.25) is 5.95 Å². The fraction of sp³-hybridized carbons (Fsp3) is 0.333. The number of Topliss-reactive ketones (excluding diaryl/α,β-unsaturated/α-hetero) is 1. The number of nitrogens with one attached hydrogen (secondary N) is 3. The molecule has 5 rings (SSSR count). The molecule has 2 aromatic carbocycles. The van der Waals surface area contributed by atoms with E-state index < -0.39 is 6.03 Å². The van der Waals surface area contributed by atoms with Crippen LogP contribution in [0.15, 0.2) is 48.7 Å². The summed E-state index contributed by atoms with van der Waals surface area (Å²) in [5, 5.41) is 9.50. The number of benzene rings is 2. The molecule has 0 saturated carbocycles. The summed E-state index contributed by atoms with van der Waals surface area (Å²) in [5.41, 5.74) is 10.7. The Kier molecular flexibility index (Phi) is 7.02. The number of carbonyl (C=O) groups excluding carboxylic acids is 2. The van der Waals surface area contributed by atoms with Crippen molar-refractivity contribution in [2.24, 2.45) is 5.73 Å². The summed E-state index contributed by atoms with van der Waals surface area (Å²) in [6, 6.07) is 13.3. The van der Waals surface area contributed by atoms with Gasteiger partial charge in [-0.15, -0.1) is 0 Å². The number of amides is 2. The molecule has 2 saturated heterocycles. The van der Waals surface area contributed by atoms with Crippen molar-refractivity contribution in [1.29, 1.82) is 0 Å². The molecule has 2 amide bonds. The number of hydrogen-bond acceptors (Lipinski definition) is 8. The maximum Gasteiger partial charge on any atom is 0.312 e. The number of aromatic nitrogens is 2. The predicted octanol–water partition coefficient (Wildman–Crippen LogP) is 2.92.